The predicted octanol–water partition coefficient (Wildman–Crippen LogP) is 3.15. The normalized spacial score (nSPS) is 16.2. The van der Waals surface area contributed by atoms with Gasteiger partial charge in [0.25, 0.3) is 5.91 Å². The lowest BCUT2D eigenvalue weighted by molar-refractivity contribution is -0.117. The van der Waals surface area contributed by atoms with E-state index in [4.69, 9.17) is 4.42 Å². The summed E-state index contributed by atoms with van der Waals surface area (Å²) in [7, 11) is -3.31. The highest BCUT2D eigenvalue weighted by atomic mass is 32.2. The highest BCUT2D eigenvalue weighted by molar-refractivity contribution is 7.90. The first-order valence-electron chi connectivity index (χ1n) is 9.62. The molecule has 0 radical (unpaired) electrons. The standard InChI is InChI=1S/C22H21N3O5S/c1-14-13-24(22(27)21-5-4-10-30-21)19-11-18(23-12-20(19)25(14)15(2)26)16-6-8-17(9-7-16)31(3,28)29/h4-12,14H,13H2,1-3H3. The summed E-state index contributed by atoms with van der Waals surface area (Å²) in [6.07, 6.45) is 4.15. The molecule has 0 bridgehead atoms. The number of fused-ring (bicyclic) bond motifs is 1. The second kappa shape index (κ2) is 7.66. The molecule has 1 atom stereocenters. The van der Waals surface area contributed by atoms with E-state index in [0.29, 0.717) is 29.2 Å². The Morgan fingerprint density at radius 1 is 1.13 bits per heavy atom. The van der Waals surface area contributed by atoms with Gasteiger partial charge in [0.15, 0.2) is 15.6 Å². The predicted molar refractivity (Wildman–Crippen MR) is 116 cm³/mol. The molecule has 3 heterocycles. The number of carbonyl (C=O) groups is 2. The van der Waals surface area contributed by atoms with Crippen molar-refractivity contribution in [3.63, 3.8) is 0 Å². The molecule has 0 saturated heterocycles. The van der Waals surface area contributed by atoms with Crippen molar-refractivity contribution in [3.05, 3.63) is 60.7 Å². The Morgan fingerprint density at radius 3 is 2.42 bits per heavy atom. The molecule has 0 aliphatic carbocycles. The molecular weight excluding hydrogens is 418 g/mol. The van der Waals surface area contributed by atoms with E-state index < -0.39 is 9.84 Å². The topological polar surface area (TPSA) is 101 Å². The van der Waals surface area contributed by atoms with Crippen LogP contribution in [-0.4, -0.2) is 44.1 Å². The van der Waals surface area contributed by atoms with Crippen LogP contribution in [0.25, 0.3) is 11.3 Å². The maximum Gasteiger partial charge on any atom is 0.294 e. The van der Waals surface area contributed by atoms with E-state index in [1.54, 1.807) is 46.3 Å². The van der Waals surface area contributed by atoms with Crippen molar-refractivity contribution < 1.29 is 22.4 Å². The minimum atomic E-state index is -3.31. The van der Waals surface area contributed by atoms with Gasteiger partial charge in [0.2, 0.25) is 5.91 Å². The minimum absolute atomic E-state index is 0.147. The average Bonchev–Trinajstić information content (AvgIpc) is 3.26. The molecule has 0 N–H and O–H groups in total. The van der Waals surface area contributed by atoms with Crippen LogP contribution in [0.15, 0.2) is 64.2 Å². The Hall–Kier alpha value is -3.46. The Kier molecular flexibility index (Phi) is 5.14. The van der Waals surface area contributed by atoms with Crippen LogP contribution in [0, 0.1) is 0 Å². The zero-order valence-electron chi connectivity index (χ0n) is 17.3. The third-order valence-electron chi connectivity index (χ3n) is 5.19. The molecule has 9 heteroatoms. The van der Waals surface area contributed by atoms with E-state index >= 15 is 0 Å². The smallest absolute Gasteiger partial charge is 0.294 e. The molecule has 2 aromatic heterocycles. The monoisotopic (exact) mass is 439 g/mol. The summed E-state index contributed by atoms with van der Waals surface area (Å²) in [5.74, 6) is -0.262. The van der Waals surface area contributed by atoms with Gasteiger partial charge in [0, 0.05) is 25.3 Å². The van der Waals surface area contributed by atoms with E-state index in [1.807, 2.05) is 6.92 Å². The summed E-state index contributed by atoms with van der Waals surface area (Å²) in [6.45, 7) is 3.63. The molecule has 4 rings (SSSR count). The number of rotatable bonds is 3. The second-order valence-electron chi connectivity index (χ2n) is 7.49. The second-order valence-corrected chi connectivity index (χ2v) is 9.50. The molecule has 0 fully saturated rings. The van der Waals surface area contributed by atoms with Crippen molar-refractivity contribution >= 4 is 33.0 Å². The fourth-order valence-corrected chi connectivity index (χ4v) is 4.39. The van der Waals surface area contributed by atoms with Gasteiger partial charge in [-0.1, -0.05) is 12.1 Å². The Labute approximate surface area is 180 Å². The van der Waals surface area contributed by atoms with E-state index in [1.165, 1.54) is 25.3 Å². The molecule has 160 valence electrons. The Bertz CT molecular complexity index is 1250. The molecule has 3 aromatic rings. The summed E-state index contributed by atoms with van der Waals surface area (Å²) in [6, 6.07) is 11.1. The molecule has 1 unspecified atom stereocenters. The molecular formula is C22H21N3O5S. The molecule has 0 spiro atoms. The summed E-state index contributed by atoms with van der Waals surface area (Å²) in [4.78, 5) is 33.2. The lowest BCUT2D eigenvalue weighted by Crippen LogP contribution is -2.51. The van der Waals surface area contributed by atoms with E-state index in [-0.39, 0.29) is 28.5 Å². The number of aromatic nitrogens is 1. The first kappa shape index (κ1) is 20.8. The lowest BCUT2D eigenvalue weighted by atomic mass is 10.1. The molecule has 8 nitrogen and oxygen atoms in total. The van der Waals surface area contributed by atoms with Crippen LogP contribution >= 0.6 is 0 Å². The average molecular weight is 439 g/mol. The van der Waals surface area contributed by atoms with Crippen LogP contribution in [0.4, 0.5) is 11.4 Å². The van der Waals surface area contributed by atoms with Crippen molar-refractivity contribution in [2.24, 2.45) is 0 Å². The molecule has 31 heavy (non-hydrogen) atoms. The Balaban J connectivity index is 1.81. The number of nitrogens with zero attached hydrogens (tertiary/aromatic N) is 3. The number of hydrogen-bond acceptors (Lipinski definition) is 6. The third kappa shape index (κ3) is 3.84. The van der Waals surface area contributed by atoms with E-state index in [0.717, 1.165) is 6.26 Å². The molecule has 0 saturated carbocycles. The molecule has 1 aliphatic rings. The number of anilines is 2. The van der Waals surface area contributed by atoms with E-state index in [9.17, 15) is 18.0 Å². The molecule has 1 aliphatic heterocycles. The van der Waals surface area contributed by atoms with Gasteiger partial charge in [-0.15, -0.1) is 0 Å². The maximum absolute atomic E-state index is 13.1. The van der Waals surface area contributed by atoms with Crippen LogP contribution in [0.1, 0.15) is 24.4 Å². The Morgan fingerprint density at radius 2 is 1.84 bits per heavy atom. The first-order chi connectivity index (χ1) is 14.7. The number of amides is 2. The lowest BCUT2D eigenvalue weighted by Gasteiger charge is -2.40. The number of carbonyl (C=O) groups excluding carboxylic acids is 2. The van der Waals surface area contributed by atoms with Crippen molar-refractivity contribution in [3.8, 4) is 11.3 Å². The number of pyridine rings is 1. The molecule has 2 amide bonds. The van der Waals surface area contributed by atoms with Crippen LogP contribution in [0.2, 0.25) is 0 Å². The maximum atomic E-state index is 13.1. The number of benzene rings is 1. The highest BCUT2D eigenvalue weighted by Crippen LogP contribution is 2.38. The molecule has 1 aromatic carbocycles. The van der Waals surface area contributed by atoms with Gasteiger partial charge in [0.05, 0.1) is 40.5 Å². The fraction of sp³-hybridized carbons (Fsp3) is 0.227. The van der Waals surface area contributed by atoms with Crippen LogP contribution in [-0.2, 0) is 14.6 Å². The summed E-state index contributed by atoms with van der Waals surface area (Å²) in [5, 5.41) is 0. The fourth-order valence-electron chi connectivity index (χ4n) is 3.76. The van der Waals surface area contributed by atoms with Gasteiger partial charge in [0.1, 0.15) is 0 Å². The van der Waals surface area contributed by atoms with Crippen molar-refractivity contribution in [2.75, 3.05) is 22.6 Å². The minimum Gasteiger partial charge on any atom is -0.459 e. The summed E-state index contributed by atoms with van der Waals surface area (Å²) >= 11 is 0. The quantitative estimate of drug-likeness (QED) is 0.621. The third-order valence-corrected chi connectivity index (χ3v) is 6.32. The summed E-state index contributed by atoms with van der Waals surface area (Å²) < 4.78 is 28.7. The number of sulfone groups is 1. The number of hydrogen-bond donors (Lipinski definition) is 0. The van der Waals surface area contributed by atoms with Crippen LogP contribution in [0.5, 0.6) is 0 Å². The van der Waals surface area contributed by atoms with Gasteiger partial charge in [-0.25, -0.2) is 8.42 Å². The van der Waals surface area contributed by atoms with Gasteiger partial charge < -0.3 is 14.2 Å². The van der Waals surface area contributed by atoms with Crippen LogP contribution in [0.3, 0.4) is 0 Å². The van der Waals surface area contributed by atoms with Crippen molar-refractivity contribution in [1.82, 2.24) is 4.98 Å². The number of furan rings is 1. The summed E-state index contributed by atoms with van der Waals surface area (Å²) in [5.41, 5.74) is 2.30. The van der Waals surface area contributed by atoms with Gasteiger partial charge in [-0.05, 0) is 37.3 Å². The van der Waals surface area contributed by atoms with Crippen molar-refractivity contribution in [1.29, 1.82) is 0 Å². The van der Waals surface area contributed by atoms with Gasteiger partial charge >= 0.3 is 0 Å². The largest absolute Gasteiger partial charge is 0.459 e. The zero-order chi connectivity index (χ0) is 22.3. The van der Waals surface area contributed by atoms with Crippen LogP contribution < -0.4 is 9.80 Å². The van der Waals surface area contributed by atoms with Gasteiger partial charge in [-0.3, -0.25) is 14.6 Å². The van der Waals surface area contributed by atoms with Gasteiger partial charge in [-0.2, -0.15) is 0 Å². The zero-order valence-corrected chi connectivity index (χ0v) is 18.1. The van der Waals surface area contributed by atoms with E-state index in [2.05, 4.69) is 4.98 Å². The first-order valence-corrected chi connectivity index (χ1v) is 11.5. The van der Waals surface area contributed by atoms with Crippen molar-refractivity contribution in [2.45, 2.75) is 24.8 Å². The SMILES string of the molecule is CC(=O)N1c2cnc(-c3ccc(S(C)(=O)=O)cc3)cc2N(C(=O)c2ccco2)CC1C. The highest BCUT2D eigenvalue weighted by Gasteiger charge is 2.35.